The van der Waals surface area contributed by atoms with Crippen LogP contribution in [0, 0.1) is 0 Å². The predicted octanol–water partition coefficient (Wildman–Crippen LogP) is 8.79. The van der Waals surface area contributed by atoms with Crippen molar-refractivity contribution in [3.63, 3.8) is 0 Å². The van der Waals surface area contributed by atoms with Gasteiger partial charge in [-0.3, -0.25) is 4.79 Å². The third-order valence-electron chi connectivity index (χ3n) is 5.43. The molecule has 4 nitrogen and oxygen atoms in total. The van der Waals surface area contributed by atoms with Crippen molar-refractivity contribution in [2.24, 2.45) is 0 Å². The van der Waals surface area contributed by atoms with Crippen molar-refractivity contribution in [3.05, 3.63) is 122 Å². The first-order chi connectivity index (χ1) is 17.0. The molecule has 0 saturated carbocycles. The van der Waals surface area contributed by atoms with Crippen LogP contribution in [0.4, 0.5) is 0 Å². The van der Waals surface area contributed by atoms with Gasteiger partial charge in [0, 0.05) is 16.7 Å². The summed E-state index contributed by atoms with van der Waals surface area (Å²) in [7, 11) is 0. The van der Waals surface area contributed by atoms with Crippen LogP contribution in [0.3, 0.4) is 0 Å². The van der Waals surface area contributed by atoms with Gasteiger partial charge in [0.05, 0.1) is 15.4 Å². The fourth-order valence-electron chi connectivity index (χ4n) is 3.58. The third-order valence-corrected chi connectivity index (χ3v) is 6.62. The van der Waals surface area contributed by atoms with Crippen molar-refractivity contribution in [2.75, 3.05) is 0 Å². The van der Waals surface area contributed by atoms with Crippen LogP contribution < -0.4 is 14.9 Å². The largest absolute Gasteiger partial charge is 0.489 e. The maximum Gasteiger partial charge on any atom is 0.235 e. The van der Waals surface area contributed by atoms with E-state index in [2.05, 4.69) is 0 Å². The second-order valence-electron chi connectivity index (χ2n) is 7.69. The number of halogens is 3. The zero-order valence-electron chi connectivity index (χ0n) is 18.1. The first-order valence-corrected chi connectivity index (χ1v) is 11.8. The zero-order chi connectivity index (χ0) is 24.4. The second kappa shape index (κ2) is 10.0. The summed E-state index contributed by atoms with van der Waals surface area (Å²) in [6, 6.07) is 25.7. The number of rotatable bonds is 6. The Morgan fingerprint density at radius 1 is 0.743 bits per heavy atom. The minimum atomic E-state index is -0.286. The Morgan fingerprint density at radius 3 is 2.20 bits per heavy atom. The Bertz CT molecular complexity index is 1560. The highest BCUT2D eigenvalue weighted by atomic mass is 35.5. The summed E-state index contributed by atoms with van der Waals surface area (Å²) in [5, 5.41) is 1.55. The van der Waals surface area contributed by atoms with E-state index in [0.29, 0.717) is 43.1 Å². The summed E-state index contributed by atoms with van der Waals surface area (Å²) in [6.07, 6.45) is 1.30. The summed E-state index contributed by atoms with van der Waals surface area (Å²) in [6.45, 7) is 0.105. The first-order valence-electron chi connectivity index (χ1n) is 10.6. The van der Waals surface area contributed by atoms with Crippen LogP contribution in [0.15, 0.2) is 100 Å². The average molecular weight is 524 g/mol. The van der Waals surface area contributed by atoms with Crippen LogP contribution in [-0.4, -0.2) is 0 Å². The second-order valence-corrected chi connectivity index (χ2v) is 8.88. The van der Waals surface area contributed by atoms with E-state index in [9.17, 15) is 4.79 Å². The van der Waals surface area contributed by atoms with Crippen molar-refractivity contribution in [2.45, 2.75) is 6.61 Å². The van der Waals surface area contributed by atoms with Crippen molar-refractivity contribution in [3.8, 4) is 28.4 Å². The fraction of sp³-hybridized carbons (Fsp3) is 0.0357. The molecule has 0 bridgehead atoms. The molecule has 0 unspecified atom stereocenters. The number of fused-ring (bicyclic) bond motifs is 1. The van der Waals surface area contributed by atoms with Gasteiger partial charge in [-0.1, -0.05) is 77.3 Å². The lowest BCUT2D eigenvalue weighted by Gasteiger charge is -2.11. The molecule has 1 heterocycles. The molecule has 0 spiro atoms. The third kappa shape index (κ3) is 5.01. The first kappa shape index (κ1) is 23.3. The van der Waals surface area contributed by atoms with Gasteiger partial charge >= 0.3 is 0 Å². The van der Waals surface area contributed by atoms with Crippen LogP contribution in [-0.2, 0) is 6.61 Å². The van der Waals surface area contributed by atoms with Gasteiger partial charge in [0.15, 0.2) is 0 Å². The summed E-state index contributed by atoms with van der Waals surface area (Å²) < 4.78 is 17.3. The van der Waals surface area contributed by atoms with Crippen LogP contribution in [0.25, 0.3) is 22.1 Å². The summed E-state index contributed by atoms with van der Waals surface area (Å²) in [5.41, 5.74) is 2.80. The smallest absolute Gasteiger partial charge is 0.235 e. The number of hydrogen-bond acceptors (Lipinski definition) is 4. The molecule has 5 rings (SSSR count). The Labute approximate surface area is 216 Å². The normalized spacial score (nSPS) is 10.9. The monoisotopic (exact) mass is 522 g/mol. The fourth-order valence-corrected chi connectivity index (χ4v) is 4.24. The van der Waals surface area contributed by atoms with Crippen molar-refractivity contribution >= 4 is 45.8 Å². The van der Waals surface area contributed by atoms with Gasteiger partial charge in [-0.25, -0.2) is 0 Å². The highest BCUT2D eigenvalue weighted by Crippen LogP contribution is 2.33. The van der Waals surface area contributed by atoms with E-state index in [1.165, 1.54) is 6.26 Å². The van der Waals surface area contributed by atoms with E-state index >= 15 is 0 Å². The summed E-state index contributed by atoms with van der Waals surface area (Å²) >= 11 is 18.5. The Morgan fingerprint density at radius 2 is 1.43 bits per heavy atom. The lowest BCUT2D eigenvalue weighted by atomic mass is 10.1. The lowest BCUT2D eigenvalue weighted by molar-refractivity contribution is 0.306. The molecular weight excluding hydrogens is 507 g/mol. The topological polar surface area (TPSA) is 48.7 Å². The van der Waals surface area contributed by atoms with Crippen LogP contribution >= 0.6 is 34.8 Å². The Balaban J connectivity index is 1.34. The number of benzene rings is 4. The Kier molecular flexibility index (Phi) is 6.69. The van der Waals surface area contributed by atoms with Crippen molar-refractivity contribution < 1.29 is 13.9 Å². The zero-order valence-corrected chi connectivity index (χ0v) is 20.4. The highest BCUT2D eigenvalue weighted by molar-refractivity contribution is 6.44. The van der Waals surface area contributed by atoms with Crippen molar-refractivity contribution in [1.82, 2.24) is 0 Å². The molecule has 174 valence electrons. The molecule has 0 atom stereocenters. The van der Waals surface area contributed by atoms with Gasteiger partial charge in [0.2, 0.25) is 11.2 Å². The molecule has 0 amide bonds. The molecular formula is C28H17Cl3O4. The molecule has 1 aromatic heterocycles. The van der Waals surface area contributed by atoms with Gasteiger partial charge < -0.3 is 13.9 Å². The van der Waals surface area contributed by atoms with E-state index in [1.807, 2.05) is 54.6 Å². The molecule has 0 aliphatic heterocycles. The summed E-state index contributed by atoms with van der Waals surface area (Å²) in [4.78, 5) is 13.0. The molecule has 0 saturated heterocycles. The molecule has 0 aliphatic carbocycles. The van der Waals surface area contributed by atoms with E-state index < -0.39 is 0 Å². The minimum Gasteiger partial charge on any atom is -0.489 e. The Hall–Kier alpha value is -3.44. The number of ether oxygens (including phenoxy) is 2. The molecule has 5 aromatic rings. The van der Waals surface area contributed by atoms with Crippen LogP contribution in [0.1, 0.15) is 5.56 Å². The molecule has 35 heavy (non-hydrogen) atoms. The summed E-state index contributed by atoms with van der Waals surface area (Å²) in [5.74, 6) is 1.11. The van der Waals surface area contributed by atoms with Gasteiger partial charge in [0.25, 0.3) is 0 Å². The highest BCUT2D eigenvalue weighted by Gasteiger charge is 2.13. The molecule has 0 radical (unpaired) electrons. The van der Waals surface area contributed by atoms with E-state index in [4.69, 9.17) is 48.7 Å². The van der Waals surface area contributed by atoms with E-state index in [0.717, 1.165) is 11.1 Å². The molecule has 0 N–H and O–H groups in total. The minimum absolute atomic E-state index is 0.0936. The predicted molar refractivity (Wildman–Crippen MR) is 140 cm³/mol. The van der Waals surface area contributed by atoms with Gasteiger partial charge in [0.1, 0.15) is 30.0 Å². The average Bonchev–Trinajstić information content (AvgIpc) is 2.89. The van der Waals surface area contributed by atoms with Crippen LogP contribution in [0.2, 0.25) is 15.1 Å². The quantitative estimate of drug-likeness (QED) is 0.209. The maximum absolute atomic E-state index is 13.0. The van der Waals surface area contributed by atoms with Crippen LogP contribution in [0.5, 0.6) is 17.2 Å². The van der Waals surface area contributed by atoms with Gasteiger partial charge in [-0.15, -0.1) is 0 Å². The SMILES string of the molecule is O=c1c(Oc2ccc(-c3ccccc3)cc2)coc2cc(OCc3c(Cl)ccc(Cl)c3Cl)ccc12. The van der Waals surface area contributed by atoms with Gasteiger partial charge in [-0.2, -0.15) is 0 Å². The molecule has 7 heteroatoms. The number of hydrogen-bond donors (Lipinski definition) is 0. The van der Waals surface area contributed by atoms with Crippen molar-refractivity contribution in [1.29, 1.82) is 0 Å². The van der Waals surface area contributed by atoms with E-state index in [-0.39, 0.29) is 17.8 Å². The van der Waals surface area contributed by atoms with Gasteiger partial charge in [-0.05, 0) is 47.5 Å². The maximum atomic E-state index is 13.0. The lowest BCUT2D eigenvalue weighted by Crippen LogP contribution is -2.05. The molecule has 0 fully saturated rings. The molecule has 0 aliphatic rings. The van der Waals surface area contributed by atoms with E-state index in [1.54, 1.807) is 30.3 Å². The standard InChI is InChI=1S/C28H17Cl3O4/c29-23-12-13-24(30)27(31)22(23)15-33-20-10-11-21-25(14-20)34-16-26(28(21)32)35-19-8-6-18(7-9-19)17-4-2-1-3-5-17/h1-14,16H,15H2. The molecule has 4 aromatic carbocycles.